The first-order valence-electron chi connectivity index (χ1n) is 5.89. The lowest BCUT2D eigenvalue weighted by Crippen LogP contribution is -2.11. The van der Waals surface area contributed by atoms with Gasteiger partial charge in [-0.25, -0.2) is 4.79 Å². The van der Waals surface area contributed by atoms with E-state index in [1.54, 1.807) is 12.1 Å². The summed E-state index contributed by atoms with van der Waals surface area (Å²) >= 11 is 0. The molecule has 4 N–H and O–H groups in total. The van der Waals surface area contributed by atoms with E-state index in [9.17, 15) is 4.79 Å². The van der Waals surface area contributed by atoms with E-state index < -0.39 is 5.97 Å². The minimum Gasteiger partial charge on any atom is -0.462 e. The van der Waals surface area contributed by atoms with Crippen molar-refractivity contribution < 1.29 is 9.53 Å². The Bertz CT molecular complexity index is 403. The van der Waals surface area contributed by atoms with Gasteiger partial charge in [-0.3, -0.25) is 0 Å². The molecule has 0 amide bonds. The molecule has 0 aliphatic heterocycles. The van der Waals surface area contributed by atoms with Gasteiger partial charge in [0.2, 0.25) is 0 Å². The van der Waals surface area contributed by atoms with Crippen molar-refractivity contribution in [2.24, 2.45) is 0 Å². The number of benzene rings is 1. The molecule has 0 heterocycles. The summed E-state index contributed by atoms with van der Waals surface area (Å²) in [4.78, 5) is 11.8. The standard InChI is InChI=1S/C13H20N2O2/c1-3-4-5-6-17-13(16)10-7-9(2)8-11(14)12(10)15/h7-8H,3-6,14-15H2,1-2H3. The normalized spacial score (nSPS) is 10.2. The smallest absolute Gasteiger partial charge is 0.340 e. The molecular formula is C13H20N2O2. The number of hydrogen-bond acceptors (Lipinski definition) is 4. The first-order valence-corrected chi connectivity index (χ1v) is 5.89. The maximum Gasteiger partial charge on any atom is 0.340 e. The van der Waals surface area contributed by atoms with Crippen molar-refractivity contribution in [3.63, 3.8) is 0 Å². The molecule has 1 rings (SSSR count). The third-order valence-corrected chi connectivity index (χ3v) is 2.56. The molecule has 94 valence electrons. The lowest BCUT2D eigenvalue weighted by atomic mass is 10.1. The number of esters is 1. The second kappa shape index (κ2) is 6.13. The van der Waals surface area contributed by atoms with Crippen LogP contribution in [-0.2, 0) is 4.74 Å². The first kappa shape index (κ1) is 13.4. The highest BCUT2D eigenvalue weighted by molar-refractivity contribution is 5.98. The summed E-state index contributed by atoms with van der Waals surface area (Å²) in [6.45, 7) is 4.39. The SMILES string of the molecule is CCCCCOC(=O)c1cc(C)cc(N)c1N. The van der Waals surface area contributed by atoms with Crippen LogP contribution in [0.2, 0.25) is 0 Å². The van der Waals surface area contributed by atoms with Gasteiger partial charge in [0.1, 0.15) is 0 Å². The molecular weight excluding hydrogens is 216 g/mol. The van der Waals surface area contributed by atoms with Gasteiger partial charge in [-0.1, -0.05) is 19.8 Å². The fraction of sp³-hybridized carbons (Fsp3) is 0.462. The van der Waals surface area contributed by atoms with Crippen LogP contribution in [0.15, 0.2) is 12.1 Å². The highest BCUT2D eigenvalue weighted by Gasteiger charge is 2.13. The highest BCUT2D eigenvalue weighted by atomic mass is 16.5. The Labute approximate surface area is 102 Å². The van der Waals surface area contributed by atoms with E-state index >= 15 is 0 Å². The second-order valence-electron chi connectivity index (χ2n) is 4.16. The second-order valence-corrected chi connectivity index (χ2v) is 4.16. The molecule has 1 aromatic carbocycles. The number of carbonyl (C=O) groups excluding carboxylic acids is 1. The first-order chi connectivity index (χ1) is 8.06. The van der Waals surface area contributed by atoms with Crippen LogP contribution in [0, 0.1) is 6.92 Å². The minimum absolute atomic E-state index is 0.302. The van der Waals surface area contributed by atoms with Gasteiger partial charge in [0.05, 0.1) is 23.5 Å². The van der Waals surface area contributed by atoms with E-state index in [1.807, 2.05) is 6.92 Å². The predicted molar refractivity (Wildman–Crippen MR) is 69.8 cm³/mol. The number of ether oxygens (including phenoxy) is 1. The summed E-state index contributed by atoms with van der Waals surface area (Å²) < 4.78 is 5.15. The van der Waals surface area contributed by atoms with Crippen molar-refractivity contribution in [1.82, 2.24) is 0 Å². The third-order valence-electron chi connectivity index (χ3n) is 2.56. The van der Waals surface area contributed by atoms with Gasteiger partial charge in [-0.15, -0.1) is 0 Å². The van der Waals surface area contributed by atoms with Gasteiger partial charge >= 0.3 is 5.97 Å². The van der Waals surface area contributed by atoms with Crippen LogP contribution in [0.5, 0.6) is 0 Å². The van der Waals surface area contributed by atoms with Gasteiger partial charge in [0.15, 0.2) is 0 Å². The summed E-state index contributed by atoms with van der Waals surface area (Å²) in [5.41, 5.74) is 13.4. The van der Waals surface area contributed by atoms with Crippen molar-refractivity contribution in [3.8, 4) is 0 Å². The molecule has 0 fully saturated rings. The number of aryl methyl sites for hydroxylation is 1. The summed E-state index contributed by atoms with van der Waals surface area (Å²) in [5.74, 6) is -0.394. The molecule has 0 atom stereocenters. The molecule has 0 aliphatic carbocycles. The Morgan fingerprint density at radius 1 is 1.29 bits per heavy atom. The molecule has 0 aliphatic rings. The van der Waals surface area contributed by atoms with E-state index in [0.29, 0.717) is 23.5 Å². The number of carbonyl (C=O) groups is 1. The molecule has 1 aromatic rings. The van der Waals surface area contributed by atoms with Crippen molar-refractivity contribution in [1.29, 1.82) is 0 Å². The number of hydrogen-bond donors (Lipinski definition) is 2. The summed E-state index contributed by atoms with van der Waals surface area (Å²) in [6, 6.07) is 3.44. The molecule has 0 bridgehead atoms. The zero-order valence-electron chi connectivity index (χ0n) is 10.5. The van der Waals surface area contributed by atoms with Crippen LogP contribution in [0.4, 0.5) is 11.4 Å². The summed E-state index contributed by atoms with van der Waals surface area (Å²) in [5, 5.41) is 0. The van der Waals surface area contributed by atoms with E-state index in [0.717, 1.165) is 24.8 Å². The fourth-order valence-corrected chi connectivity index (χ4v) is 1.59. The van der Waals surface area contributed by atoms with Crippen molar-refractivity contribution in [3.05, 3.63) is 23.3 Å². The van der Waals surface area contributed by atoms with Crippen LogP contribution < -0.4 is 11.5 Å². The van der Waals surface area contributed by atoms with Crippen molar-refractivity contribution >= 4 is 17.3 Å². The number of unbranched alkanes of at least 4 members (excludes halogenated alkanes) is 2. The molecule has 0 aromatic heterocycles. The zero-order valence-corrected chi connectivity index (χ0v) is 10.5. The number of nitrogens with two attached hydrogens (primary N) is 2. The molecule has 0 saturated heterocycles. The maximum atomic E-state index is 11.8. The van der Waals surface area contributed by atoms with Crippen molar-refractivity contribution in [2.75, 3.05) is 18.1 Å². The van der Waals surface area contributed by atoms with Gasteiger partial charge in [-0.05, 0) is 31.0 Å². The average Bonchev–Trinajstić information content (AvgIpc) is 2.29. The summed E-state index contributed by atoms with van der Waals surface area (Å²) in [7, 11) is 0. The quantitative estimate of drug-likeness (QED) is 0.467. The molecule has 0 radical (unpaired) electrons. The monoisotopic (exact) mass is 236 g/mol. The van der Waals surface area contributed by atoms with Crippen LogP contribution in [0.3, 0.4) is 0 Å². The molecule has 0 unspecified atom stereocenters. The number of nitrogen functional groups attached to an aromatic ring is 2. The third kappa shape index (κ3) is 3.66. The van der Waals surface area contributed by atoms with Gasteiger partial charge in [0.25, 0.3) is 0 Å². The number of anilines is 2. The van der Waals surface area contributed by atoms with E-state index in [1.165, 1.54) is 0 Å². The van der Waals surface area contributed by atoms with Crippen LogP contribution in [0.1, 0.15) is 42.1 Å². The lowest BCUT2D eigenvalue weighted by Gasteiger charge is -2.09. The Hall–Kier alpha value is -1.71. The highest BCUT2D eigenvalue weighted by Crippen LogP contribution is 2.22. The lowest BCUT2D eigenvalue weighted by molar-refractivity contribution is 0.0499. The van der Waals surface area contributed by atoms with Gasteiger partial charge in [-0.2, -0.15) is 0 Å². The summed E-state index contributed by atoms with van der Waals surface area (Å²) in [6.07, 6.45) is 3.03. The van der Waals surface area contributed by atoms with E-state index in [2.05, 4.69) is 6.92 Å². The average molecular weight is 236 g/mol. The molecule has 4 nitrogen and oxygen atoms in total. The topological polar surface area (TPSA) is 78.3 Å². The fourth-order valence-electron chi connectivity index (χ4n) is 1.59. The molecule has 0 spiro atoms. The van der Waals surface area contributed by atoms with Gasteiger partial charge < -0.3 is 16.2 Å². The minimum atomic E-state index is -0.394. The zero-order chi connectivity index (χ0) is 12.8. The molecule has 17 heavy (non-hydrogen) atoms. The molecule has 4 heteroatoms. The number of rotatable bonds is 5. The van der Waals surface area contributed by atoms with E-state index in [4.69, 9.17) is 16.2 Å². The Morgan fingerprint density at radius 2 is 2.00 bits per heavy atom. The Morgan fingerprint density at radius 3 is 2.65 bits per heavy atom. The predicted octanol–water partition coefficient (Wildman–Crippen LogP) is 2.51. The Balaban J connectivity index is 2.69. The largest absolute Gasteiger partial charge is 0.462 e. The van der Waals surface area contributed by atoms with Crippen LogP contribution in [0.25, 0.3) is 0 Å². The maximum absolute atomic E-state index is 11.8. The van der Waals surface area contributed by atoms with Crippen LogP contribution >= 0.6 is 0 Å². The van der Waals surface area contributed by atoms with Crippen LogP contribution in [-0.4, -0.2) is 12.6 Å². The van der Waals surface area contributed by atoms with Crippen molar-refractivity contribution in [2.45, 2.75) is 33.1 Å². The molecule has 0 saturated carbocycles. The Kier molecular flexibility index (Phi) is 4.82. The van der Waals surface area contributed by atoms with Gasteiger partial charge in [0, 0.05) is 0 Å². The van der Waals surface area contributed by atoms with E-state index in [-0.39, 0.29) is 0 Å².